The van der Waals surface area contributed by atoms with Crippen molar-refractivity contribution in [2.45, 2.75) is 65.0 Å². The molecule has 0 saturated heterocycles. The number of hydrogen-bond donors (Lipinski definition) is 1. The van der Waals surface area contributed by atoms with Gasteiger partial charge in [0, 0.05) is 12.6 Å². The number of nitrogens with one attached hydrogen (secondary N) is 1. The summed E-state index contributed by atoms with van der Waals surface area (Å²) in [6.07, 6.45) is 6.99. The minimum Gasteiger partial charge on any atom is -0.378 e. The summed E-state index contributed by atoms with van der Waals surface area (Å²) in [4.78, 5) is 0. The Labute approximate surface area is 94.8 Å². The molecule has 0 bridgehead atoms. The molecule has 1 N–H and O–H groups in total. The molecule has 0 spiro atoms. The van der Waals surface area contributed by atoms with Gasteiger partial charge in [0.15, 0.2) is 0 Å². The third-order valence-electron chi connectivity index (χ3n) is 3.35. The molecule has 2 nitrogen and oxygen atoms in total. The average Bonchev–Trinajstić information content (AvgIpc) is 2.18. The lowest BCUT2D eigenvalue weighted by Crippen LogP contribution is -2.28. The molecule has 3 atom stereocenters. The van der Waals surface area contributed by atoms with E-state index in [0.29, 0.717) is 12.1 Å². The molecule has 0 amide bonds. The summed E-state index contributed by atoms with van der Waals surface area (Å²) in [6.45, 7) is 8.71. The third kappa shape index (κ3) is 5.53. The summed E-state index contributed by atoms with van der Waals surface area (Å²) >= 11 is 0. The van der Waals surface area contributed by atoms with Crippen LogP contribution in [-0.2, 0) is 4.74 Å². The van der Waals surface area contributed by atoms with E-state index >= 15 is 0 Å². The van der Waals surface area contributed by atoms with Crippen LogP contribution in [0, 0.1) is 5.92 Å². The van der Waals surface area contributed by atoms with Gasteiger partial charge < -0.3 is 10.1 Å². The second kappa shape index (κ2) is 7.24. The average molecular weight is 213 g/mol. The number of ether oxygens (including phenoxy) is 1. The zero-order chi connectivity index (χ0) is 11.1. The first-order valence-electron chi connectivity index (χ1n) is 6.57. The summed E-state index contributed by atoms with van der Waals surface area (Å²) in [5.74, 6) is 0.870. The maximum absolute atomic E-state index is 5.93. The van der Waals surface area contributed by atoms with E-state index in [1.54, 1.807) is 0 Å². The van der Waals surface area contributed by atoms with Gasteiger partial charge in [0.1, 0.15) is 0 Å². The Balaban J connectivity index is 2.03. The molecule has 1 aliphatic rings. The van der Waals surface area contributed by atoms with Crippen LogP contribution in [0.15, 0.2) is 0 Å². The van der Waals surface area contributed by atoms with Gasteiger partial charge in [-0.3, -0.25) is 0 Å². The first kappa shape index (κ1) is 13.0. The fourth-order valence-corrected chi connectivity index (χ4v) is 2.39. The lowest BCUT2D eigenvalue weighted by Gasteiger charge is -2.27. The molecular weight excluding hydrogens is 186 g/mol. The van der Waals surface area contributed by atoms with Crippen molar-refractivity contribution in [3.8, 4) is 0 Å². The molecule has 0 radical (unpaired) electrons. The molecule has 1 rings (SSSR count). The van der Waals surface area contributed by atoms with E-state index in [1.165, 1.54) is 25.7 Å². The molecule has 0 aromatic rings. The maximum Gasteiger partial charge on any atom is 0.0577 e. The van der Waals surface area contributed by atoms with Gasteiger partial charge in [-0.2, -0.15) is 0 Å². The molecule has 90 valence electrons. The third-order valence-corrected chi connectivity index (χ3v) is 3.35. The molecule has 0 aromatic heterocycles. The zero-order valence-corrected chi connectivity index (χ0v) is 10.6. The van der Waals surface area contributed by atoms with Crippen molar-refractivity contribution in [1.82, 2.24) is 5.32 Å². The van der Waals surface area contributed by atoms with Crippen LogP contribution < -0.4 is 5.32 Å². The topological polar surface area (TPSA) is 21.3 Å². The summed E-state index contributed by atoms with van der Waals surface area (Å²) in [6, 6.07) is 0.594. The Bertz CT molecular complexity index is 161. The van der Waals surface area contributed by atoms with E-state index in [0.717, 1.165) is 25.5 Å². The highest BCUT2D eigenvalue weighted by Gasteiger charge is 2.19. The highest BCUT2D eigenvalue weighted by Crippen LogP contribution is 2.25. The van der Waals surface area contributed by atoms with Gasteiger partial charge >= 0.3 is 0 Å². The Morgan fingerprint density at radius 2 is 2.20 bits per heavy atom. The van der Waals surface area contributed by atoms with E-state index in [2.05, 4.69) is 26.1 Å². The Morgan fingerprint density at radius 1 is 1.40 bits per heavy atom. The van der Waals surface area contributed by atoms with Crippen molar-refractivity contribution in [2.75, 3.05) is 13.2 Å². The summed E-state index contributed by atoms with van der Waals surface area (Å²) < 4.78 is 5.93. The van der Waals surface area contributed by atoms with Crippen molar-refractivity contribution >= 4 is 0 Å². The zero-order valence-electron chi connectivity index (χ0n) is 10.6. The molecule has 2 heteroatoms. The monoisotopic (exact) mass is 213 g/mol. The van der Waals surface area contributed by atoms with Gasteiger partial charge in [0.2, 0.25) is 0 Å². The lowest BCUT2D eigenvalue weighted by molar-refractivity contribution is 0.0119. The largest absolute Gasteiger partial charge is 0.378 e. The molecule has 1 saturated carbocycles. The van der Waals surface area contributed by atoms with Crippen molar-refractivity contribution in [2.24, 2.45) is 5.92 Å². The molecule has 1 aliphatic carbocycles. The van der Waals surface area contributed by atoms with Gasteiger partial charge in [0.05, 0.1) is 6.10 Å². The Kier molecular flexibility index (Phi) is 6.26. The predicted octanol–water partition coefficient (Wildman–Crippen LogP) is 2.97. The second-order valence-corrected chi connectivity index (χ2v) is 5.01. The Hall–Kier alpha value is -0.0800. The highest BCUT2D eigenvalue weighted by atomic mass is 16.5. The van der Waals surface area contributed by atoms with Crippen molar-refractivity contribution in [3.63, 3.8) is 0 Å². The van der Waals surface area contributed by atoms with Crippen molar-refractivity contribution < 1.29 is 4.74 Å². The van der Waals surface area contributed by atoms with Crippen LogP contribution in [0.3, 0.4) is 0 Å². The smallest absolute Gasteiger partial charge is 0.0577 e. The lowest BCUT2D eigenvalue weighted by atomic mass is 9.89. The minimum absolute atomic E-state index is 0.544. The van der Waals surface area contributed by atoms with Gasteiger partial charge in [-0.05, 0) is 38.6 Å². The Morgan fingerprint density at radius 3 is 2.87 bits per heavy atom. The molecule has 1 fully saturated rings. The first-order chi connectivity index (χ1) is 7.22. The second-order valence-electron chi connectivity index (χ2n) is 5.01. The van der Waals surface area contributed by atoms with Crippen LogP contribution in [0.2, 0.25) is 0 Å². The molecule has 15 heavy (non-hydrogen) atoms. The minimum atomic E-state index is 0.544. The molecule has 0 heterocycles. The van der Waals surface area contributed by atoms with Crippen molar-refractivity contribution in [3.05, 3.63) is 0 Å². The van der Waals surface area contributed by atoms with Gasteiger partial charge in [-0.1, -0.05) is 26.7 Å². The van der Waals surface area contributed by atoms with E-state index in [1.807, 2.05) is 0 Å². The number of rotatable bonds is 6. The van der Waals surface area contributed by atoms with Crippen LogP contribution in [0.25, 0.3) is 0 Å². The highest BCUT2D eigenvalue weighted by molar-refractivity contribution is 4.70. The van der Waals surface area contributed by atoms with E-state index in [4.69, 9.17) is 4.74 Å². The SMILES string of the molecule is CCNC(C)CCOC1CCCC(C)C1. The number of hydrogen-bond acceptors (Lipinski definition) is 2. The molecule has 3 unspecified atom stereocenters. The molecule has 0 aromatic carbocycles. The molecule has 0 aliphatic heterocycles. The quantitative estimate of drug-likeness (QED) is 0.732. The summed E-state index contributed by atoms with van der Waals surface area (Å²) in [5, 5.41) is 3.41. The van der Waals surface area contributed by atoms with Crippen LogP contribution in [-0.4, -0.2) is 25.3 Å². The molecular formula is C13H27NO. The van der Waals surface area contributed by atoms with Gasteiger partial charge in [-0.25, -0.2) is 0 Å². The van der Waals surface area contributed by atoms with E-state index in [9.17, 15) is 0 Å². The first-order valence-corrected chi connectivity index (χ1v) is 6.57. The summed E-state index contributed by atoms with van der Waals surface area (Å²) in [5.41, 5.74) is 0. The van der Waals surface area contributed by atoms with Crippen molar-refractivity contribution in [1.29, 1.82) is 0 Å². The van der Waals surface area contributed by atoms with Gasteiger partial charge in [0.25, 0.3) is 0 Å². The van der Waals surface area contributed by atoms with Crippen LogP contribution in [0.5, 0.6) is 0 Å². The fraction of sp³-hybridized carbons (Fsp3) is 1.00. The van der Waals surface area contributed by atoms with Crippen LogP contribution in [0.4, 0.5) is 0 Å². The predicted molar refractivity (Wildman–Crippen MR) is 65.1 cm³/mol. The van der Waals surface area contributed by atoms with E-state index in [-0.39, 0.29) is 0 Å². The van der Waals surface area contributed by atoms with E-state index < -0.39 is 0 Å². The standard InChI is InChI=1S/C13H27NO/c1-4-14-12(3)8-9-15-13-7-5-6-11(2)10-13/h11-14H,4-10H2,1-3H3. The van der Waals surface area contributed by atoms with Gasteiger partial charge in [-0.15, -0.1) is 0 Å². The van der Waals surface area contributed by atoms with Crippen LogP contribution >= 0.6 is 0 Å². The maximum atomic E-state index is 5.93. The summed E-state index contributed by atoms with van der Waals surface area (Å²) in [7, 11) is 0. The van der Waals surface area contributed by atoms with Crippen LogP contribution in [0.1, 0.15) is 52.9 Å². The normalized spacial score (nSPS) is 29.0. The fourth-order valence-electron chi connectivity index (χ4n) is 2.39.